The number of halogens is 1. The van der Waals surface area contributed by atoms with Crippen molar-refractivity contribution in [2.75, 3.05) is 12.0 Å². The van der Waals surface area contributed by atoms with E-state index in [9.17, 15) is 19.0 Å². The predicted octanol–water partition coefficient (Wildman–Crippen LogP) is 1.99. The van der Waals surface area contributed by atoms with E-state index in [0.717, 1.165) is 6.07 Å². The third kappa shape index (κ3) is 5.14. The van der Waals surface area contributed by atoms with Crippen molar-refractivity contribution in [3.05, 3.63) is 29.1 Å². The summed E-state index contributed by atoms with van der Waals surface area (Å²) in [6.45, 7) is 4.00. The van der Waals surface area contributed by atoms with Crippen LogP contribution >= 0.6 is 11.8 Å². The van der Waals surface area contributed by atoms with E-state index in [0.29, 0.717) is 5.56 Å². The number of hydrogen-bond acceptors (Lipinski definition) is 5. The molecule has 0 saturated heterocycles. The van der Waals surface area contributed by atoms with E-state index < -0.39 is 30.4 Å². The fourth-order valence-corrected chi connectivity index (χ4v) is 2.48. The van der Waals surface area contributed by atoms with E-state index >= 15 is 0 Å². The second-order valence-electron chi connectivity index (χ2n) is 4.54. The van der Waals surface area contributed by atoms with Gasteiger partial charge in [-0.25, -0.2) is 9.18 Å². The van der Waals surface area contributed by atoms with Crippen molar-refractivity contribution in [2.24, 2.45) is 0 Å². The Bertz CT molecular complexity index is 587. The standard InChI is InChI=1S/C12H13BFNO5S.C2H6.CH4/c1-21-5-9(16)15-8-4-6-2-3-7(14)10(12(17)18)11(6)20-13(8)19;1-2;/h2-3,8,19H,4-5H2,1H3,(H,15,16)(H,17,18);1-2H3;1H4. The summed E-state index contributed by atoms with van der Waals surface area (Å²) in [5.41, 5.74) is -0.186. The molecule has 134 valence electrons. The van der Waals surface area contributed by atoms with E-state index in [1.165, 1.54) is 17.8 Å². The molecule has 0 radical (unpaired) electrons. The zero-order valence-electron chi connectivity index (χ0n) is 13.1. The van der Waals surface area contributed by atoms with Crippen molar-refractivity contribution in [1.29, 1.82) is 0 Å². The van der Waals surface area contributed by atoms with Crippen LogP contribution in [0.2, 0.25) is 0 Å². The Labute approximate surface area is 145 Å². The second-order valence-corrected chi connectivity index (χ2v) is 5.40. The molecule has 6 nitrogen and oxygen atoms in total. The number of aromatic carboxylic acids is 1. The van der Waals surface area contributed by atoms with Gasteiger partial charge in [0.15, 0.2) is 0 Å². The third-order valence-electron chi connectivity index (χ3n) is 3.05. The molecule has 1 aliphatic rings. The topological polar surface area (TPSA) is 95.9 Å². The molecule has 0 aromatic heterocycles. The summed E-state index contributed by atoms with van der Waals surface area (Å²) < 4.78 is 18.7. The van der Waals surface area contributed by atoms with Crippen LogP contribution in [0.15, 0.2) is 12.1 Å². The summed E-state index contributed by atoms with van der Waals surface area (Å²) in [6, 6.07) is 2.42. The SMILES string of the molecule is C.CC.CSCC(=O)NC1Cc2ccc(F)c(C(=O)O)c2OB1O. The normalized spacial score (nSPS) is 15.0. The molecule has 3 N–H and O–H groups in total. The first kappa shape index (κ1) is 22.3. The van der Waals surface area contributed by atoms with Crippen LogP contribution in [0.1, 0.15) is 37.2 Å². The molecule has 24 heavy (non-hydrogen) atoms. The molecule has 1 amide bonds. The zero-order chi connectivity index (χ0) is 17.6. The van der Waals surface area contributed by atoms with E-state index in [1.807, 2.05) is 13.8 Å². The fourth-order valence-electron chi connectivity index (χ4n) is 2.14. The van der Waals surface area contributed by atoms with Crippen LogP contribution in [0.25, 0.3) is 0 Å². The Morgan fingerprint density at radius 2 is 2.08 bits per heavy atom. The molecular formula is C15H23BFNO5S. The lowest BCUT2D eigenvalue weighted by atomic mass is 9.72. The summed E-state index contributed by atoms with van der Waals surface area (Å²) in [4.78, 5) is 22.6. The van der Waals surface area contributed by atoms with E-state index in [4.69, 9.17) is 9.76 Å². The summed E-state index contributed by atoms with van der Waals surface area (Å²) in [7, 11) is -1.43. The van der Waals surface area contributed by atoms with Gasteiger partial charge in [0.1, 0.15) is 17.1 Å². The number of hydrogen-bond donors (Lipinski definition) is 3. The van der Waals surface area contributed by atoms with Gasteiger partial charge in [-0.3, -0.25) is 4.79 Å². The maximum atomic E-state index is 13.5. The summed E-state index contributed by atoms with van der Waals surface area (Å²) >= 11 is 1.33. The van der Waals surface area contributed by atoms with Crippen molar-refractivity contribution in [1.82, 2.24) is 5.32 Å². The lowest BCUT2D eigenvalue weighted by Gasteiger charge is -2.29. The second kappa shape index (κ2) is 10.2. The van der Waals surface area contributed by atoms with Crippen molar-refractivity contribution in [2.45, 2.75) is 33.6 Å². The van der Waals surface area contributed by atoms with Gasteiger partial charge in [-0.15, -0.1) is 0 Å². The van der Waals surface area contributed by atoms with Gasteiger partial charge in [0.2, 0.25) is 5.91 Å². The Morgan fingerprint density at radius 1 is 1.46 bits per heavy atom. The van der Waals surface area contributed by atoms with Crippen LogP contribution in [0.5, 0.6) is 5.75 Å². The molecule has 1 aromatic rings. The van der Waals surface area contributed by atoms with Gasteiger partial charge in [0.25, 0.3) is 0 Å². The Kier molecular flexibility index (Phi) is 9.46. The summed E-state index contributed by atoms with van der Waals surface area (Å²) in [5.74, 6) is -3.33. The Hall–Kier alpha value is -1.74. The van der Waals surface area contributed by atoms with Crippen LogP contribution in [0, 0.1) is 5.82 Å². The van der Waals surface area contributed by atoms with Crippen LogP contribution in [0.4, 0.5) is 4.39 Å². The molecule has 1 unspecified atom stereocenters. The molecule has 1 aromatic carbocycles. The first-order chi connectivity index (χ1) is 10.9. The highest BCUT2D eigenvalue weighted by Gasteiger charge is 2.38. The maximum absolute atomic E-state index is 13.5. The zero-order valence-corrected chi connectivity index (χ0v) is 13.9. The predicted molar refractivity (Wildman–Crippen MR) is 94.1 cm³/mol. The van der Waals surface area contributed by atoms with Crippen LogP contribution in [-0.4, -0.2) is 47.1 Å². The minimum atomic E-state index is -1.47. The lowest BCUT2D eigenvalue weighted by molar-refractivity contribution is -0.118. The molecular weight excluding hydrogens is 336 g/mol. The number of fused-ring (bicyclic) bond motifs is 1. The number of rotatable bonds is 4. The minimum Gasteiger partial charge on any atom is -0.534 e. The highest BCUT2D eigenvalue weighted by atomic mass is 32.2. The molecule has 2 rings (SSSR count). The Morgan fingerprint density at radius 3 is 2.62 bits per heavy atom. The van der Waals surface area contributed by atoms with E-state index in [-0.39, 0.29) is 31.3 Å². The van der Waals surface area contributed by atoms with Gasteiger partial charge >= 0.3 is 13.1 Å². The first-order valence-corrected chi connectivity index (χ1v) is 8.51. The highest BCUT2D eigenvalue weighted by Crippen LogP contribution is 2.31. The average Bonchev–Trinajstić information content (AvgIpc) is 2.50. The number of thioether (sulfide) groups is 1. The monoisotopic (exact) mass is 359 g/mol. The van der Waals surface area contributed by atoms with E-state index in [2.05, 4.69) is 5.32 Å². The largest absolute Gasteiger partial charge is 0.547 e. The molecule has 0 bridgehead atoms. The molecule has 0 spiro atoms. The Balaban J connectivity index is 0.00000170. The van der Waals surface area contributed by atoms with Crippen molar-refractivity contribution in [3.8, 4) is 5.75 Å². The van der Waals surface area contributed by atoms with Crippen molar-refractivity contribution < 1.29 is 28.8 Å². The van der Waals surface area contributed by atoms with Crippen molar-refractivity contribution in [3.63, 3.8) is 0 Å². The maximum Gasteiger partial charge on any atom is 0.547 e. The van der Waals surface area contributed by atoms with Gasteiger partial charge in [-0.05, 0) is 24.3 Å². The van der Waals surface area contributed by atoms with Crippen LogP contribution in [0.3, 0.4) is 0 Å². The number of benzene rings is 1. The van der Waals surface area contributed by atoms with Gasteiger partial charge in [-0.1, -0.05) is 27.3 Å². The molecule has 1 atom stereocenters. The number of amides is 1. The summed E-state index contributed by atoms with van der Waals surface area (Å²) in [5, 5.41) is 21.5. The van der Waals surface area contributed by atoms with Crippen LogP contribution < -0.4 is 9.97 Å². The molecule has 1 heterocycles. The average molecular weight is 359 g/mol. The summed E-state index contributed by atoms with van der Waals surface area (Å²) in [6.07, 6.45) is 1.93. The van der Waals surface area contributed by atoms with Crippen molar-refractivity contribution >= 4 is 30.8 Å². The third-order valence-corrected chi connectivity index (χ3v) is 3.60. The number of nitrogens with one attached hydrogen (secondary N) is 1. The smallest absolute Gasteiger partial charge is 0.534 e. The van der Waals surface area contributed by atoms with Gasteiger partial charge in [0.05, 0.1) is 11.7 Å². The quantitative estimate of drug-likeness (QED) is 0.712. The number of carbonyl (C=O) groups is 2. The molecule has 0 saturated carbocycles. The number of carboxylic acid groups (broad SMARTS) is 1. The first-order valence-electron chi connectivity index (χ1n) is 7.11. The van der Waals surface area contributed by atoms with Gasteiger partial charge in [-0.2, -0.15) is 11.8 Å². The fraction of sp³-hybridized carbons (Fsp3) is 0.467. The van der Waals surface area contributed by atoms with E-state index in [1.54, 1.807) is 6.26 Å². The molecule has 1 aliphatic heterocycles. The van der Waals surface area contributed by atoms with Crippen LogP contribution in [-0.2, 0) is 11.2 Å². The van der Waals surface area contributed by atoms with Gasteiger partial charge in [0, 0.05) is 0 Å². The molecule has 0 fully saturated rings. The molecule has 0 aliphatic carbocycles. The number of carboxylic acids is 1. The minimum absolute atomic E-state index is 0. The molecule has 9 heteroatoms. The lowest BCUT2D eigenvalue weighted by Crippen LogP contribution is -2.53. The number of carbonyl (C=O) groups excluding carboxylic acids is 1. The highest BCUT2D eigenvalue weighted by molar-refractivity contribution is 7.99. The van der Waals surface area contributed by atoms with Gasteiger partial charge < -0.3 is 20.1 Å².